The molecule has 0 fully saturated rings. The van der Waals surface area contributed by atoms with Gasteiger partial charge in [-0.25, -0.2) is 0 Å². The Morgan fingerprint density at radius 3 is 2.46 bits per heavy atom. The number of anilines is 2. The summed E-state index contributed by atoms with van der Waals surface area (Å²) >= 11 is 0. The first-order valence-electron chi connectivity index (χ1n) is 8.52. The summed E-state index contributed by atoms with van der Waals surface area (Å²) in [6.07, 6.45) is 3.39. The van der Waals surface area contributed by atoms with Gasteiger partial charge in [-0.3, -0.25) is 14.4 Å². The Kier molecular flexibility index (Phi) is 8.16. The molecule has 1 aromatic carbocycles. The van der Waals surface area contributed by atoms with E-state index in [-0.39, 0.29) is 36.4 Å². The lowest BCUT2D eigenvalue weighted by Crippen LogP contribution is -2.25. The molecule has 5 heteroatoms. The van der Waals surface area contributed by atoms with Crippen molar-refractivity contribution in [3.05, 3.63) is 24.3 Å². The van der Waals surface area contributed by atoms with Crippen LogP contribution in [0, 0.1) is 5.92 Å². The first-order chi connectivity index (χ1) is 11.4. The van der Waals surface area contributed by atoms with Gasteiger partial charge in [0.05, 0.1) is 11.4 Å². The second-order valence-corrected chi connectivity index (χ2v) is 6.15. The zero-order valence-electron chi connectivity index (χ0n) is 15.1. The number of amides is 2. The summed E-state index contributed by atoms with van der Waals surface area (Å²) in [5.41, 5.74) is 1.22. The van der Waals surface area contributed by atoms with Crippen LogP contribution in [-0.4, -0.2) is 24.6 Å². The van der Waals surface area contributed by atoms with Crippen molar-refractivity contribution < 1.29 is 14.4 Å². The third-order valence-corrected chi connectivity index (χ3v) is 4.15. The number of hydrogen-bond acceptors (Lipinski definition) is 3. The van der Waals surface area contributed by atoms with Crippen LogP contribution in [0.25, 0.3) is 0 Å². The Morgan fingerprint density at radius 2 is 1.83 bits per heavy atom. The van der Waals surface area contributed by atoms with Gasteiger partial charge in [-0.15, -0.1) is 0 Å². The molecule has 0 aliphatic heterocycles. The number of nitrogens with zero attached hydrogens (tertiary/aromatic N) is 1. The number of benzene rings is 1. The van der Waals surface area contributed by atoms with Gasteiger partial charge in [-0.2, -0.15) is 0 Å². The van der Waals surface area contributed by atoms with Gasteiger partial charge < -0.3 is 10.2 Å². The summed E-state index contributed by atoms with van der Waals surface area (Å²) in [5, 5.41) is 2.80. The van der Waals surface area contributed by atoms with Crippen molar-refractivity contribution in [3.63, 3.8) is 0 Å². The van der Waals surface area contributed by atoms with Crippen molar-refractivity contribution in [1.82, 2.24) is 0 Å². The molecule has 24 heavy (non-hydrogen) atoms. The van der Waals surface area contributed by atoms with E-state index in [1.54, 1.807) is 25.2 Å². The molecular weight excluding hydrogens is 304 g/mol. The maximum Gasteiger partial charge on any atom is 0.224 e. The number of Topliss-reactive ketones (excluding diaryl/α,β-unsaturated/α-hetero) is 1. The number of para-hydroxylation sites is 2. The van der Waals surface area contributed by atoms with Gasteiger partial charge in [-0.1, -0.05) is 38.8 Å². The van der Waals surface area contributed by atoms with E-state index >= 15 is 0 Å². The minimum Gasteiger partial charge on any atom is -0.324 e. The summed E-state index contributed by atoms with van der Waals surface area (Å²) in [4.78, 5) is 37.2. The van der Waals surface area contributed by atoms with Crippen LogP contribution in [0.4, 0.5) is 11.4 Å². The number of hydrogen-bond donors (Lipinski definition) is 1. The first kappa shape index (κ1) is 19.9. The predicted octanol–water partition coefficient (Wildman–Crippen LogP) is 3.78. The maximum atomic E-state index is 12.1. The molecular formula is C19H28N2O3. The van der Waals surface area contributed by atoms with E-state index in [0.29, 0.717) is 11.4 Å². The molecule has 5 nitrogen and oxygen atoms in total. The fourth-order valence-electron chi connectivity index (χ4n) is 2.41. The SMILES string of the molecule is CCCC[C@@H](C)C(=O)CCC(=O)Nc1ccccc1N(C)C(C)=O. The summed E-state index contributed by atoms with van der Waals surface area (Å²) in [7, 11) is 1.66. The molecule has 0 heterocycles. The second-order valence-electron chi connectivity index (χ2n) is 6.15. The topological polar surface area (TPSA) is 66.5 Å². The van der Waals surface area contributed by atoms with Gasteiger partial charge in [0, 0.05) is 32.7 Å². The third-order valence-electron chi connectivity index (χ3n) is 4.15. The van der Waals surface area contributed by atoms with Crippen LogP contribution in [0.2, 0.25) is 0 Å². The largest absolute Gasteiger partial charge is 0.324 e. The average Bonchev–Trinajstić information content (AvgIpc) is 2.57. The van der Waals surface area contributed by atoms with Gasteiger partial charge in [-0.05, 0) is 18.6 Å². The standard InChI is InChI=1S/C19H28N2O3/c1-5-6-9-14(2)18(23)12-13-19(24)20-16-10-7-8-11-17(16)21(4)15(3)22/h7-8,10-11,14H,5-6,9,12-13H2,1-4H3,(H,20,24)/t14-/m1/s1. The van der Waals surface area contributed by atoms with E-state index < -0.39 is 0 Å². The lowest BCUT2D eigenvalue weighted by atomic mass is 9.96. The first-order valence-corrected chi connectivity index (χ1v) is 8.52. The third kappa shape index (κ3) is 6.14. The average molecular weight is 332 g/mol. The van der Waals surface area contributed by atoms with E-state index in [0.717, 1.165) is 19.3 Å². The molecule has 0 aromatic heterocycles. The Morgan fingerprint density at radius 1 is 1.17 bits per heavy atom. The van der Waals surface area contributed by atoms with Crippen molar-refractivity contribution in [2.24, 2.45) is 5.92 Å². The molecule has 2 amide bonds. The van der Waals surface area contributed by atoms with Gasteiger partial charge in [0.25, 0.3) is 0 Å². The van der Waals surface area contributed by atoms with Crippen LogP contribution < -0.4 is 10.2 Å². The normalized spacial score (nSPS) is 11.7. The molecule has 0 saturated carbocycles. The molecule has 0 aliphatic rings. The minimum absolute atomic E-state index is 0.00822. The fourth-order valence-corrected chi connectivity index (χ4v) is 2.41. The molecule has 0 unspecified atom stereocenters. The second kappa shape index (κ2) is 9.85. The van der Waals surface area contributed by atoms with Gasteiger partial charge in [0.1, 0.15) is 5.78 Å². The van der Waals surface area contributed by atoms with Gasteiger partial charge >= 0.3 is 0 Å². The molecule has 1 aromatic rings. The van der Waals surface area contributed by atoms with Crippen molar-refractivity contribution in [2.75, 3.05) is 17.3 Å². The maximum absolute atomic E-state index is 12.1. The van der Waals surface area contributed by atoms with Crippen LogP contribution >= 0.6 is 0 Å². The fraction of sp³-hybridized carbons (Fsp3) is 0.526. The van der Waals surface area contributed by atoms with Crippen LogP contribution in [0.1, 0.15) is 52.9 Å². The molecule has 1 rings (SSSR count). The highest BCUT2D eigenvalue weighted by molar-refractivity contribution is 6.00. The van der Waals surface area contributed by atoms with E-state index in [9.17, 15) is 14.4 Å². The highest BCUT2D eigenvalue weighted by Crippen LogP contribution is 2.25. The predicted molar refractivity (Wildman–Crippen MR) is 97.1 cm³/mol. The number of carbonyl (C=O) groups is 3. The molecule has 0 bridgehead atoms. The van der Waals surface area contributed by atoms with Crippen molar-refractivity contribution in [1.29, 1.82) is 0 Å². The van der Waals surface area contributed by atoms with Gasteiger partial charge in [0.15, 0.2) is 0 Å². The Bertz CT molecular complexity index is 584. The van der Waals surface area contributed by atoms with E-state index in [1.165, 1.54) is 11.8 Å². The summed E-state index contributed by atoms with van der Waals surface area (Å²) in [6.45, 7) is 5.49. The molecule has 0 aliphatic carbocycles. The summed E-state index contributed by atoms with van der Waals surface area (Å²) in [6, 6.07) is 7.13. The van der Waals surface area contributed by atoms with Crippen LogP contribution in [0.3, 0.4) is 0 Å². The van der Waals surface area contributed by atoms with E-state index in [1.807, 2.05) is 13.0 Å². The van der Waals surface area contributed by atoms with Crippen molar-refractivity contribution in [3.8, 4) is 0 Å². The lowest BCUT2D eigenvalue weighted by Gasteiger charge is -2.19. The number of nitrogens with one attached hydrogen (secondary N) is 1. The van der Waals surface area contributed by atoms with Crippen LogP contribution in [0.5, 0.6) is 0 Å². The minimum atomic E-state index is -0.213. The quantitative estimate of drug-likeness (QED) is 0.748. The van der Waals surface area contributed by atoms with E-state index in [2.05, 4.69) is 12.2 Å². The molecule has 1 N–H and O–H groups in total. The molecule has 1 atom stereocenters. The zero-order chi connectivity index (χ0) is 18.1. The Balaban J connectivity index is 2.60. The Labute approximate surface area is 144 Å². The number of unbranched alkanes of at least 4 members (excludes halogenated alkanes) is 1. The highest BCUT2D eigenvalue weighted by Gasteiger charge is 2.16. The number of ketones is 1. The van der Waals surface area contributed by atoms with Gasteiger partial charge in [0.2, 0.25) is 11.8 Å². The smallest absolute Gasteiger partial charge is 0.224 e. The highest BCUT2D eigenvalue weighted by atomic mass is 16.2. The number of rotatable bonds is 9. The van der Waals surface area contributed by atoms with Crippen LogP contribution in [0.15, 0.2) is 24.3 Å². The molecule has 0 spiro atoms. The Hall–Kier alpha value is -2.17. The monoisotopic (exact) mass is 332 g/mol. The number of carbonyl (C=O) groups excluding carboxylic acids is 3. The molecule has 132 valence electrons. The van der Waals surface area contributed by atoms with E-state index in [4.69, 9.17) is 0 Å². The molecule has 0 radical (unpaired) electrons. The van der Waals surface area contributed by atoms with Crippen LogP contribution in [-0.2, 0) is 14.4 Å². The lowest BCUT2D eigenvalue weighted by molar-refractivity contribution is -0.125. The summed E-state index contributed by atoms with van der Waals surface area (Å²) < 4.78 is 0. The summed E-state index contributed by atoms with van der Waals surface area (Å²) in [5.74, 6) is -0.186. The zero-order valence-corrected chi connectivity index (χ0v) is 15.1. The van der Waals surface area contributed by atoms with Crippen molar-refractivity contribution in [2.45, 2.75) is 52.9 Å². The van der Waals surface area contributed by atoms with Crippen molar-refractivity contribution >= 4 is 29.0 Å². The molecule has 0 saturated heterocycles.